The predicted octanol–water partition coefficient (Wildman–Crippen LogP) is 6.70. The van der Waals surface area contributed by atoms with Crippen molar-refractivity contribution in [2.24, 2.45) is 0 Å². The maximum absolute atomic E-state index is 3.92. The number of rotatable bonds is 9. The summed E-state index contributed by atoms with van der Waals surface area (Å²) in [5.74, 6) is 0. The molecule has 0 saturated carbocycles. The van der Waals surface area contributed by atoms with E-state index in [0.29, 0.717) is 0 Å². The van der Waals surface area contributed by atoms with Gasteiger partial charge in [0.25, 0.3) is 0 Å². The molecule has 0 bridgehead atoms. The van der Waals surface area contributed by atoms with Gasteiger partial charge in [-0.3, -0.25) is 0 Å². The van der Waals surface area contributed by atoms with Gasteiger partial charge in [0.15, 0.2) is 0 Å². The minimum Gasteiger partial charge on any atom is -0.0988 e. The summed E-state index contributed by atoms with van der Waals surface area (Å²) in [6.07, 6.45) is 17.2. The van der Waals surface area contributed by atoms with E-state index >= 15 is 0 Å². The Morgan fingerprint density at radius 2 is 1.60 bits per heavy atom. The Hall–Kier alpha value is -1.56. The van der Waals surface area contributed by atoms with E-state index in [-0.39, 0.29) is 0 Å². The first kappa shape index (κ1) is 18.4. The first-order valence-corrected chi connectivity index (χ1v) is 7.40. The van der Waals surface area contributed by atoms with E-state index in [4.69, 9.17) is 0 Å². The highest BCUT2D eigenvalue weighted by Crippen LogP contribution is 2.09. The Balaban J connectivity index is 4.13. The van der Waals surface area contributed by atoms with Crippen LogP contribution in [0.2, 0.25) is 0 Å². The van der Waals surface area contributed by atoms with Gasteiger partial charge in [0, 0.05) is 0 Å². The van der Waals surface area contributed by atoms with Gasteiger partial charge in [-0.05, 0) is 53.4 Å². The second kappa shape index (κ2) is 11.3. The standard InChI is InChI=1S/C20H30/c1-7-18(4)12-9-14-20(6)16-10-15-19(5)13-8-11-17(2)3/h7,10-11,14-16H,1,4,8-9,12-13H2,2-3,5-6H3/b16-10+,19-15+,20-14+. The number of hydrogen-bond acceptors (Lipinski definition) is 0. The van der Waals surface area contributed by atoms with Crippen molar-refractivity contribution < 1.29 is 0 Å². The lowest BCUT2D eigenvalue weighted by Gasteiger charge is -1.97. The van der Waals surface area contributed by atoms with Crippen molar-refractivity contribution in [1.82, 2.24) is 0 Å². The first-order valence-electron chi connectivity index (χ1n) is 7.40. The highest BCUT2D eigenvalue weighted by Gasteiger charge is 1.88. The largest absolute Gasteiger partial charge is 0.0988 e. The van der Waals surface area contributed by atoms with Gasteiger partial charge in [-0.1, -0.05) is 71.9 Å². The summed E-state index contributed by atoms with van der Waals surface area (Å²) in [6, 6.07) is 0. The third kappa shape index (κ3) is 11.5. The molecule has 0 amide bonds. The average molecular weight is 270 g/mol. The lowest BCUT2D eigenvalue weighted by atomic mass is 10.1. The molecule has 0 aromatic carbocycles. The van der Waals surface area contributed by atoms with Crippen molar-refractivity contribution in [2.45, 2.75) is 53.4 Å². The van der Waals surface area contributed by atoms with E-state index in [2.05, 4.69) is 71.2 Å². The third-order valence-electron chi connectivity index (χ3n) is 3.05. The molecule has 0 unspecified atom stereocenters. The highest BCUT2D eigenvalue weighted by molar-refractivity contribution is 5.23. The summed E-state index contributed by atoms with van der Waals surface area (Å²) in [6.45, 7) is 16.3. The molecule has 0 aromatic heterocycles. The van der Waals surface area contributed by atoms with Crippen LogP contribution in [-0.4, -0.2) is 0 Å². The summed E-state index contributed by atoms with van der Waals surface area (Å²) >= 11 is 0. The summed E-state index contributed by atoms with van der Waals surface area (Å²) in [5, 5.41) is 0. The fourth-order valence-electron chi connectivity index (χ4n) is 1.69. The van der Waals surface area contributed by atoms with Gasteiger partial charge in [0.1, 0.15) is 0 Å². The summed E-state index contributed by atoms with van der Waals surface area (Å²) in [5.41, 5.74) is 5.23. The van der Waals surface area contributed by atoms with Gasteiger partial charge in [-0.15, -0.1) is 0 Å². The topological polar surface area (TPSA) is 0 Å². The van der Waals surface area contributed by atoms with Gasteiger partial charge < -0.3 is 0 Å². The SMILES string of the molecule is C=CC(=C)CC/C=C(C)/C=C/C=C(\C)CCC=C(C)C. The van der Waals surface area contributed by atoms with Gasteiger partial charge in [-0.2, -0.15) is 0 Å². The predicted molar refractivity (Wildman–Crippen MR) is 93.9 cm³/mol. The van der Waals surface area contributed by atoms with Crippen LogP contribution < -0.4 is 0 Å². The van der Waals surface area contributed by atoms with Crippen LogP contribution in [-0.2, 0) is 0 Å². The fraction of sp³-hybridized carbons (Fsp3) is 0.400. The summed E-state index contributed by atoms with van der Waals surface area (Å²) in [4.78, 5) is 0. The molecule has 0 heteroatoms. The molecule has 0 rings (SSSR count). The highest BCUT2D eigenvalue weighted by atomic mass is 13.9. The first-order chi connectivity index (χ1) is 9.45. The van der Waals surface area contributed by atoms with Crippen molar-refractivity contribution in [1.29, 1.82) is 0 Å². The van der Waals surface area contributed by atoms with Crippen molar-refractivity contribution in [3.05, 3.63) is 71.9 Å². The third-order valence-corrected chi connectivity index (χ3v) is 3.05. The lowest BCUT2D eigenvalue weighted by Crippen LogP contribution is -1.77. The van der Waals surface area contributed by atoms with E-state index in [1.54, 1.807) is 0 Å². The molecular formula is C20H30. The second-order valence-electron chi connectivity index (χ2n) is 5.54. The van der Waals surface area contributed by atoms with Gasteiger partial charge in [0.2, 0.25) is 0 Å². The molecule has 0 nitrogen and oxygen atoms in total. The van der Waals surface area contributed by atoms with E-state index in [1.807, 2.05) is 6.08 Å². The zero-order valence-corrected chi connectivity index (χ0v) is 13.7. The monoisotopic (exact) mass is 270 g/mol. The minimum atomic E-state index is 0.992. The van der Waals surface area contributed by atoms with E-state index in [1.165, 1.54) is 16.7 Å². The molecule has 110 valence electrons. The Morgan fingerprint density at radius 3 is 2.20 bits per heavy atom. The van der Waals surface area contributed by atoms with Crippen LogP contribution >= 0.6 is 0 Å². The second-order valence-corrected chi connectivity index (χ2v) is 5.54. The summed E-state index contributed by atoms with van der Waals surface area (Å²) in [7, 11) is 0. The van der Waals surface area contributed by atoms with E-state index < -0.39 is 0 Å². The fourth-order valence-corrected chi connectivity index (χ4v) is 1.69. The van der Waals surface area contributed by atoms with Crippen LogP contribution in [0.1, 0.15) is 53.4 Å². The van der Waals surface area contributed by atoms with E-state index in [9.17, 15) is 0 Å². The zero-order valence-electron chi connectivity index (χ0n) is 13.7. The Bertz CT molecular complexity index is 421. The summed E-state index contributed by atoms with van der Waals surface area (Å²) < 4.78 is 0. The van der Waals surface area contributed by atoms with Crippen LogP contribution in [0.3, 0.4) is 0 Å². The van der Waals surface area contributed by atoms with Crippen LogP contribution in [0.4, 0.5) is 0 Å². The molecule has 0 fully saturated rings. The Labute approximate surface area is 126 Å². The molecule has 0 spiro atoms. The molecule has 0 radical (unpaired) electrons. The molecule has 0 saturated heterocycles. The van der Waals surface area contributed by atoms with Crippen molar-refractivity contribution in [3.63, 3.8) is 0 Å². The van der Waals surface area contributed by atoms with Gasteiger partial charge >= 0.3 is 0 Å². The molecular weight excluding hydrogens is 240 g/mol. The maximum atomic E-state index is 3.92. The van der Waals surface area contributed by atoms with Gasteiger partial charge in [0.05, 0.1) is 0 Å². The molecule has 0 aromatic rings. The maximum Gasteiger partial charge on any atom is -0.0250 e. The normalized spacial score (nSPS) is 12.6. The van der Waals surface area contributed by atoms with E-state index in [0.717, 1.165) is 31.3 Å². The van der Waals surface area contributed by atoms with Crippen LogP contribution in [0, 0.1) is 0 Å². The molecule has 0 aliphatic rings. The number of allylic oxidation sites excluding steroid dienone is 10. The molecule has 20 heavy (non-hydrogen) atoms. The van der Waals surface area contributed by atoms with Gasteiger partial charge in [-0.25, -0.2) is 0 Å². The zero-order chi connectivity index (χ0) is 15.4. The number of hydrogen-bond donors (Lipinski definition) is 0. The average Bonchev–Trinajstić information content (AvgIpc) is 2.38. The van der Waals surface area contributed by atoms with Crippen molar-refractivity contribution in [3.8, 4) is 0 Å². The van der Waals surface area contributed by atoms with Crippen LogP contribution in [0.25, 0.3) is 0 Å². The Kier molecular flexibility index (Phi) is 10.4. The molecule has 0 atom stereocenters. The lowest BCUT2D eigenvalue weighted by molar-refractivity contribution is 0.967. The molecule has 0 heterocycles. The quantitative estimate of drug-likeness (QED) is 0.323. The molecule has 0 aliphatic heterocycles. The molecule has 0 aliphatic carbocycles. The van der Waals surface area contributed by atoms with Crippen LogP contribution in [0.5, 0.6) is 0 Å². The minimum absolute atomic E-state index is 0.992. The Morgan fingerprint density at radius 1 is 0.950 bits per heavy atom. The smallest absolute Gasteiger partial charge is 0.0250 e. The molecule has 0 N–H and O–H groups in total. The van der Waals surface area contributed by atoms with Crippen LogP contribution in [0.15, 0.2) is 71.9 Å². The van der Waals surface area contributed by atoms with Crippen molar-refractivity contribution in [2.75, 3.05) is 0 Å². The van der Waals surface area contributed by atoms with Crippen molar-refractivity contribution >= 4 is 0 Å².